The fourth-order valence-corrected chi connectivity index (χ4v) is 2.64. The Morgan fingerprint density at radius 3 is 2.75 bits per heavy atom. The second-order valence-electron chi connectivity index (χ2n) is 4.63. The van der Waals surface area contributed by atoms with Gasteiger partial charge in [0.25, 0.3) is 5.91 Å². The molecule has 1 aromatic carbocycles. The number of hydrazone groups is 1. The van der Waals surface area contributed by atoms with Gasteiger partial charge in [-0.2, -0.15) is 10.1 Å². The summed E-state index contributed by atoms with van der Waals surface area (Å²) in [4.78, 5) is 28.4. The second kappa shape index (κ2) is 8.83. The number of methoxy groups -OCH3 is 1. The summed E-state index contributed by atoms with van der Waals surface area (Å²) in [5.74, 6) is -0.995. The van der Waals surface area contributed by atoms with Crippen LogP contribution in [0.15, 0.2) is 63.6 Å². The molecule has 1 heterocycles. The van der Waals surface area contributed by atoms with Crippen molar-refractivity contribution in [2.45, 2.75) is 13.5 Å². The van der Waals surface area contributed by atoms with Gasteiger partial charge < -0.3 is 4.74 Å². The third kappa shape index (κ3) is 4.66. The molecular weight excluding hydrogens is 326 g/mol. The normalized spacial score (nSPS) is 18.4. The first kappa shape index (κ1) is 17.7. The first-order valence-electron chi connectivity index (χ1n) is 7.21. The van der Waals surface area contributed by atoms with Gasteiger partial charge in [-0.15, -0.1) is 0 Å². The smallest absolute Gasteiger partial charge is 0.331 e. The van der Waals surface area contributed by atoms with Crippen LogP contribution in [0.3, 0.4) is 0 Å². The first-order chi connectivity index (χ1) is 11.7. The molecule has 1 saturated heterocycles. The van der Waals surface area contributed by atoms with E-state index >= 15 is 0 Å². The molecule has 0 spiro atoms. The molecule has 124 valence electrons. The van der Waals surface area contributed by atoms with Gasteiger partial charge >= 0.3 is 5.97 Å². The zero-order valence-electron chi connectivity index (χ0n) is 13.4. The van der Waals surface area contributed by atoms with Gasteiger partial charge in [-0.1, -0.05) is 36.4 Å². The molecule has 0 aromatic heterocycles. The molecule has 0 bridgehead atoms. The maximum Gasteiger partial charge on any atom is 0.331 e. The molecule has 1 aromatic rings. The van der Waals surface area contributed by atoms with Crippen LogP contribution in [0.4, 0.5) is 0 Å². The lowest BCUT2D eigenvalue weighted by Crippen LogP contribution is -2.23. The van der Waals surface area contributed by atoms with E-state index in [1.165, 1.54) is 18.3 Å². The summed E-state index contributed by atoms with van der Waals surface area (Å²) in [6.45, 7) is 2.26. The van der Waals surface area contributed by atoms with Crippen LogP contribution < -0.4 is 0 Å². The Kier molecular flexibility index (Phi) is 6.51. The van der Waals surface area contributed by atoms with Crippen LogP contribution in [0.2, 0.25) is 0 Å². The molecule has 1 amide bonds. The summed E-state index contributed by atoms with van der Waals surface area (Å²) < 4.78 is 4.57. The fourth-order valence-electron chi connectivity index (χ4n) is 1.77. The van der Waals surface area contributed by atoms with Gasteiger partial charge in [0, 0.05) is 12.3 Å². The number of ether oxygens (including phenoxy) is 1. The Balaban J connectivity index is 2.26. The lowest BCUT2D eigenvalue weighted by molar-refractivity contribution is -0.135. The summed E-state index contributed by atoms with van der Waals surface area (Å²) in [6.07, 6.45) is 6.14. The van der Waals surface area contributed by atoms with Gasteiger partial charge in [0.2, 0.25) is 0 Å². The topological polar surface area (TPSA) is 71.3 Å². The maximum absolute atomic E-state index is 12.4. The lowest BCUT2D eigenvalue weighted by atomic mass is 10.2. The molecule has 0 unspecified atom stereocenters. The first-order valence-corrected chi connectivity index (χ1v) is 8.03. The number of carbonyl (C=O) groups is 2. The van der Waals surface area contributed by atoms with Crippen LogP contribution in [0, 0.1) is 0 Å². The highest BCUT2D eigenvalue weighted by molar-refractivity contribution is 8.18. The van der Waals surface area contributed by atoms with E-state index in [4.69, 9.17) is 0 Å². The molecule has 0 saturated carbocycles. The lowest BCUT2D eigenvalue weighted by Gasteiger charge is -2.07. The van der Waals surface area contributed by atoms with Crippen molar-refractivity contribution in [3.63, 3.8) is 0 Å². The molecule has 0 N–H and O–H groups in total. The SMILES string of the molecule is C/C=C/C=N/N1C(=O)/C(=C/C(=O)OC)SC1=NCc1ccccc1. The van der Waals surface area contributed by atoms with E-state index in [0.29, 0.717) is 11.7 Å². The predicted octanol–water partition coefficient (Wildman–Crippen LogP) is 2.74. The Labute approximate surface area is 144 Å². The highest BCUT2D eigenvalue weighted by Crippen LogP contribution is 2.31. The average Bonchev–Trinajstić information content (AvgIpc) is 2.90. The van der Waals surface area contributed by atoms with Crippen LogP contribution in [-0.4, -0.2) is 35.4 Å². The average molecular weight is 343 g/mol. The highest BCUT2D eigenvalue weighted by atomic mass is 32.2. The van der Waals surface area contributed by atoms with Gasteiger partial charge in [0.05, 0.1) is 18.6 Å². The van der Waals surface area contributed by atoms with Gasteiger partial charge in [-0.25, -0.2) is 4.79 Å². The number of amidine groups is 1. The van der Waals surface area contributed by atoms with Gasteiger partial charge in [0.1, 0.15) is 0 Å². The summed E-state index contributed by atoms with van der Waals surface area (Å²) >= 11 is 1.10. The van der Waals surface area contributed by atoms with Gasteiger partial charge in [-0.05, 0) is 30.3 Å². The van der Waals surface area contributed by atoms with E-state index in [-0.39, 0.29) is 4.91 Å². The molecule has 6 nitrogen and oxygen atoms in total. The van der Waals surface area contributed by atoms with Crippen molar-refractivity contribution in [2.75, 3.05) is 7.11 Å². The minimum Gasteiger partial charge on any atom is -0.466 e. The minimum atomic E-state index is -0.590. The Morgan fingerprint density at radius 1 is 1.33 bits per heavy atom. The van der Waals surface area contributed by atoms with Crippen molar-refractivity contribution in [3.8, 4) is 0 Å². The zero-order valence-corrected chi connectivity index (χ0v) is 14.2. The van der Waals surface area contributed by atoms with Crippen molar-refractivity contribution in [1.29, 1.82) is 0 Å². The van der Waals surface area contributed by atoms with E-state index in [9.17, 15) is 9.59 Å². The van der Waals surface area contributed by atoms with E-state index < -0.39 is 11.9 Å². The third-order valence-electron chi connectivity index (χ3n) is 2.94. The Hall–Kier alpha value is -2.67. The number of hydrogen-bond acceptors (Lipinski definition) is 6. The summed E-state index contributed by atoms with van der Waals surface area (Å²) in [6, 6.07) is 9.67. The number of amides is 1. The van der Waals surface area contributed by atoms with Gasteiger partial charge in [-0.3, -0.25) is 9.79 Å². The van der Waals surface area contributed by atoms with Gasteiger partial charge in [0.15, 0.2) is 5.17 Å². The molecule has 24 heavy (non-hydrogen) atoms. The number of hydrogen-bond donors (Lipinski definition) is 0. The second-order valence-corrected chi connectivity index (χ2v) is 5.63. The van der Waals surface area contributed by atoms with Crippen LogP contribution in [0.25, 0.3) is 0 Å². The molecular formula is C17H17N3O3S. The number of nitrogens with zero attached hydrogens (tertiary/aromatic N) is 3. The van der Waals surface area contributed by atoms with E-state index in [1.54, 1.807) is 12.2 Å². The molecule has 1 fully saturated rings. The van der Waals surface area contributed by atoms with Crippen molar-refractivity contribution >= 4 is 35.0 Å². The molecule has 1 aliphatic heterocycles. The molecule has 0 radical (unpaired) electrons. The summed E-state index contributed by atoms with van der Waals surface area (Å²) in [7, 11) is 1.26. The van der Waals surface area contributed by atoms with Crippen LogP contribution in [-0.2, 0) is 20.9 Å². The predicted molar refractivity (Wildman–Crippen MR) is 95.4 cm³/mol. The number of carbonyl (C=O) groups excluding carboxylic acids is 2. The Bertz CT molecular complexity index is 724. The summed E-state index contributed by atoms with van der Waals surface area (Å²) in [5.41, 5.74) is 1.01. The van der Waals surface area contributed by atoms with Crippen LogP contribution in [0.5, 0.6) is 0 Å². The Morgan fingerprint density at radius 2 is 2.08 bits per heavy atom. The van der Waals surface area contributed by atoms with Crippen molar-refractivity contribution in [1.82, 2.24) is 5.01 Å². The molecule has 1 aliphatic rings. The number of esters is 1. The van der Waals surface area contributed by atoms with Crippen molar-refractivity contribution in [3.05, 3.63) is 59.0 Å². The van der Waals surface area contributed by atoms with E-state index in [2.05, 4.69) is 14.8 Å². The zero-order chi connectivity index (χ0) is 17.4. The number of allylic oxidation sites excluding steroid dienone is 2. The van der Waals surface area contributed by atoms with E-state index in [0.717, 1.165) is 23.4 Å². The fraction of sp³-hybridized carbons (Fsp3) is 0.176. The standard InChI is InChI=1S/C17H17N3O3S/c1-3-4-10-19-20-16(22)14(11-15(21)23-2)24-17(20)18-12-13-8-6-5-7-9-13/h3-11H,12H2,1-2H3/b4-3+,14-11-,18-17?,19-10+. The monoisotopic (exact) mass is 343 g/mol. The number of thioether (sulfide) groups is 1. The largest absolute Gasteiger partial charge is 0.466 e. The quantitative estimate of drug-likeness (QED) is 0.468. The molecule has 7 heteroatoms. The number of benzene rings is 1. The minimum absolute atomic E-state index is 0.228. The summed E-state index contributed by atoms with van der Waals surface area (Å²) in [5, 5.41) is 5.70. The van der Waals surface area contributed by atoms with Crippen LogP contribution in [0.1, 0.15) is 12.5 Å². The third-order valence-corrected chi connectivity index (χ3v) is 3.93. The van der Waals surface area contributed by atoms with Crippen LogP contribution >= 0.6 is 11.8 Å². The van der Waals surface area contributed by atoms with E-state index in [1.807, 2.05) is 37.3 Å². The number of aliphatic imine (C=N–C) groups is 1. The molecule has 0 atom stereocenters. The molecule has 2 rings (SSSR count). The molecule has 0 aliphatic carbocycles. The van der Waals surface area contributed by atoms with Crippen molar-refractivity contribution < 1.29 is 14.3 Å². The maximum atomic E-state index is 12.4. The highest BCUT2D eigenvalue weighted by Gasteiger charge is 2.34. The number of rotatable bonds is 5. The van der Waals surface area contributed by atoms with Crippen molar-refractivity contribution in [2.24, 2.45) is 10.1 Å².